The zero-order valence-electron chi connectivity index (χ0n) is 18.8. The number of methoxy groups -OCH3 is 1. The maximum atomic E-state index is 13.2. The lowest BCUT2D eigenvalue weighted by atomic mass is 10.1. The molecule has 1 heterocycles. The number of hydrogen-bond donors (Lipinski definition) is 1. The van der Waals surface area contributed by atoms with Crippen molar-refractivity contribution in [1.82, 2.24) is 15.0 Å². The lowest BCUT2D eigenvalue weighted by Crippen LogP contribution is -2.24. The van der Waals surface area contributed by atoms with Crippen LogP contribution >= 0.6 is 11.8 Å². The van der Waals surface area contributed by atoms with Crippen LogP contribution in [0, 0.1) is 0 Å². The summed E-state index contributed by atoms with van der Waals surface area (Å²) in [5.74, 6) is 0.0394. The van der Waals surface area contributed by atoms with Gasteiger partial charge in [0.15, 0.2) is 5.16 Å². The van der Waals surface area contributed by atoms with Crippen molar-refractivity contribution in [1.29, 1.82) is 0 Å². The number of benzene rings is 3. The van der Waals surface area contributed by atoms with Crippen molar-refractivity contribution in [2.75, 3.05) is 12.9 Å². The van der Waals surface area contributed by atoms with Gasteiger partial charge < -0.3 is 4.74 Å². The predicted octanol–water partition coefficient (Wildman–Crippen LogP) is 4.66. The normalized spacial score (nSPS) is 11.7. The van der Waals surface area contributed by atoms with Crippen LogP contribution in [0.15, 0.2) is 87.8 Å². The number of halogens is 3. The van der Waals surface area contributed by atoms with Gasteiger partial charge in [-0.2, -0.15) is 18.3 Å². The van der Waals surface area contributed by atoms with E-state index in [-0.39, 0.29) is 11.3 Å². The number of thioether (sulfide) groups is 1. The Morgan fingerprint density at radius 1 is 1.08 bits per heavy atom. The van der Waals surface area contributed by atoms with Gasteiger partial charge in [0, 0.05) is 0 Å². The summed E-state index contributed by atoms with van der Waals surface area (Å²) in [6.07, 6.45) is -3.19. The molecule has 1 amide bonds. The summed E-state index contributed by atoms with van der Waals surface area (Å²) in [5.41, 5.74) is 2.72. The number of para-hydroxylation sites is 1. The first-order valence-electron chi connectivity index (χ1n) is 10.5. The van der Waals surface area contributed by atoms with E-state index in [0.29, 0.717) is 33.1 Å². The van der Waals surface area contributed by atoms with Crippen LogP contribution in [-0.2, 0) is 11.0 Å². The van der Waals surface area contributed by atoms with Gasteiger partial charge in [-0.3, -0.25) is 14.2 Å². The first-order valence-corrected chi connectivity index (χ1v) is 11.5. The summed E-state index contributed by atoms with van der Waals surface area (Å²) in [5, 5.41) is 4.54. The largest absolute Gasteiger partial charge is 0.497 e. The van der Waals surface area contributed by atoms with Crippen molar-refractivity contribution in [2.45, 2.75) is 11.3 Å². The Balaban J connectivity index is 1.50. The van der Waals surface area contributed by atoms with Crippen molar-refractivity contribution < 1.29 is 22.7 Å². The number of hydrogen-bond acceptors (Lipinski definition) is 6. The topological polar surface area (TPSA) is 85.6 Å². The first-order chi connectivity index (χ1) is 17.3. The van der Waals surface area contributed by atoms with E-state index < -0.39 is 17.6 Å². The monoisotopic (exact) mass is 512 g/mol. The Labute approximate surface area is 207 Å². The number of hydrazone groups is 1. The summed E-state index contributed by atoms with van der Waals surface area (Å²) in [6, 6.07) is 18.1. The van der Waals surface area contributed by atoms with Crippen molar-refractivity contribution in [3.63, 3.8) is 0 Å². The van der Waals surface area contributed by atoms with E-state index in [1.807, 2.05) is 0 Å². The van der Waals surface area contributed by atoms with Crippen LogP contribution in [0.4, 0.5) is 13.2 Å². The van der Waals surface area contributed by atoms with E-state index in [4.69, 9.17) is 4.74 Å². The van der Waals surface area contributed by atoms with E-state index in [1.54, 1.807) is 55.6 Å². The number of ether oxygens (including phenoxy) is 1. The molecule has 3 aromatic carbocycles. The maximum Gasteiger partial charge on any atom is 0.416 e. The van der Waals surface area contributed by atoms with Gasteiger partial charge in [-0.15, -0.1) is 0 Å². The van der Waals surface area contributed by atoms with E-state index in [1.165, 1.54) is 22.9 Å². The standard InChI is InChI=1S/C25H19F3N4O3S/c1-35-19-12-10-18(11-13-19)32-23(34)20-4-2-3-5-21(20)30-24(32)36-15-22(33)31-29-14-16-6-8-17(9-7-16)25(26,27)28/h2-14H,15H2,1H3,(H,31,33). The van der Waals surface area contributed by atoms with Crippen LogP contribution < -0.4 is 15.7 Å². The van der Waals surface area contributed by atoms with Crippen molar-refractivity contribution >= 4 is 34.8 Å². The van der Waals surface area contributed by atoms with Gasteiger partial charge in [0.25, 0.3) is 11.5 Å². The van der Waals surface area contributed by atoms with E-state index >= 15 is 0 Å². The molecule has 1 N–H and O–H groups in total. The summed E-state index contributed by atoms with van der Waals surface area (Å²) in [4.78, 5) is 30.2. The predicted molar refractivity (Wildman–Crippen MR) is 132 cm³/mol. The summed E-state index contributed by atoms with van der Waals surface area (Å²) >= 11 is 1.05. The number of alkyl halides is 3. The molecular formula is C25H19F3N4O3S. The zero-order valence-corrected chi connectivity index (χ0v) is 19.6. The fourth-order valence-corrected chi connectivity index (χ4v) is 4.07. The number of aromatic nitrogens is 2. The third kappa shape index (κ3) is 5.74. The van der Waals surface area contributed by atoms with Gasteiger partial charge in [0.1, 0.15) is 5.75 Å². The molecule has 0 spiro atoms. The Morgan fingerprint density at radius 3 is 2.44 bits per heavy atom. The van der Waals surface area contributed by atoms with Crippen LogP contribution in [0.5, 0.6) is 5.75 Å². The maximum absolute atomic E-state index is 13.2. The minimum atomic E-state index is -4.43. The minimum Gasteiger partial charge on any atom is -0.497 e. The van der Waals surface area contributed by atoms with Crippen LogP contribution in [0.2, 0.25) is 0 Å². The van der Waals surface area contributed by atoms with Crippen molar-refractivity contribution in [2.24, 2.45) is 5.10 Å². The quantitative estimate of drug-likeness (QED) is 0.169. The van der Waals surface area contributed by atoms with Crippen LogP contribution in [0.1, 0.15) is 11.1 Å². The molecule has 4 rings (SSSR count). The van der Waals surface area contributed by atoms with Crippen molar-refractivity contribution in [3.8, 4) is 11.4 Å². The molecule has 0 unspecified atom stereocenters. The van der Waals surface area contributed by atoms with Gasteiger partial charge in [-0.1, -0.05) is 36.0 Å². The Kier molecular flexibility index (Phi) is 7.39. The second kappa shape index (κ2) is 10.6. The highest BCUT2D eigenvalue weighted by Crippen LogP contribution is 2.29. The molecule has 184 valence electrons. The van der Waals surface area contributed by atoms with Crippen molar-refractivity contribution in [3.05, 3.63) is 94.3 Å². The lowest BCUT2D eigenvalue weighted by molar-refractivity contribution is -0.137. The number of carbonyl (C=O) groups excluding carboxylic acids is 1. The summed E-state index contributed by atoms with van der Waals surface area (Å²) in [7, 11) is 1.54. The Hall–Kier alpha value is -4.12. The van der Waals surface area contributed by atoms with Gasteiger partial charge in [0.2, 0.25) is 0 Å². The molecule has 0 radical (unpaired) electrons. The highest BCUT2D eigenvalue weighted by molar-refractivity contribution is 7.99. The molecule has 0 aliphatic rings. The third-order valence-electron chi connectivity index (χ3n) is 5.05. The van der Waals surface area contributed by atoms with Crippen LogP contribution in [-0.4, -0.2) is 34.5 Å². The molecule has 0 fully saturated rings. The number of amides is 1. The molecule has 11 heteroatoms. The van der Waals surface area contributed by atoms with Gasteiger partial charge >= 0.3 is 6.18 Å². The third-order valence-corrected chi connectivity index (χ3v) is 5.99. The minimum absolute atomic E-state index is 0.106. The summed E-state index contributed by atoms with van der Waals surface area (Å²) in [6.45, 7) is 0. The highest BCUT2D eigenvalue weighted by atomic mass is 32.2. The molecule has 36 heavy (non-hydrogen) atoms. The lowest BCUT2D eigenvalue weighted by Gasteiger charge is -2.13. The van der Waals surface area contributed by atoms with Crippen LogP contribution in [0.3, 0.4) is 0 Å². The van der Waals surface area contributed by atoms with Gasteiger partial charge in [-0.25, -0.2) is 10.4 Å². The smallest absolute Gasteiger partial charge is 0.416 e. The SMILES string of the molecule is COc1ccc(-n2c(SCC(=O)NN=Cc3ccc(C(F)(F)F)cc3)nc3ccccc3c2=O)cc1. The van der Waals surface area contributed by atoms with E-state index in [9.17, 15) is 22.8 Å². The van der Waals surface area contributed by atoms with Gasteiger partial charge in [-0.05, 0) is 54.1 Å². The molecule has 0 aliphatic carbocycles. The second-order valence-corrected chi connectivity index (χ2v) is 8.39. The number of nitrogens with zero attached hydrogens (tertiary/aromatic N) is 3. The average molecular weight is 513 g/mol. The van der Waals surface area contributed by atoms with Crippen LogP contribution in [0.25, 0.3) is 16.6 Å². The second-order valence-electron chi connectivity index (χ2n) is 7.45. The molecular weight excluding hydrogens is 493 g/mol. The Bertz CT molecular complexity index is 1470. The number of rotatable bonds is 7. The first kappa shape index (κ1) is 25.0. The van der Waals surface area contributed by atoms with E-state index in [0.717, 1.165) is 23.9 Å². The Morgan fingerprint density at radius 2 is 1.78 bits per heavy atom. The highest BCUT2D eigenvalue weighted by Gasteiger charge is 2.29. The fourth-order valence-electron chi connectivity index (χ4n) is 3.27. The number of carbonyl (C=O) groups is 1. The number of nitrogens with one attached hydrogen (secondary N) is 1. The van der Waals surface area contributed by atoms with Gasteiger partial charge in [0.05, 0.1) is 41.2 Å². The molecule has 0 saturated heterocycles. The molecule has 0 atom stereocenters. The van der Waals surface area contributed by atoms with E-state index in [2.05, 4.69) is 15.5 Å². The average Bonchev–Trinajstić information content (AvgIpc) is 2.87. The molecule has 1 aromatic heterocycles. The molecule has 0 bridgehead atoms. The molecule has 0 aliphatic heterocycles. The number of fused-ring (bicyclic) bond motifs is 1. The molecule has 7 nitrogen and oxygen atoms in total. The molecule has 0 saturated carbocycles. The molecule has 4 aromatic rings. The zero-order chi connectivity index (χ0) is 25.7. The fraction of sp³-hybridized carbons (Fsp3) is 0.120. The summed E-state index contributed by atoms with van der Waals surface area (Å²) < 4.78 is 44.6.